The van der Waals surface area contributed by atoms with Crippen LogP contribution < -0.4 is 4.90 Å². The lowest BCUT2D eigenvalue weighted by atomic mass is 9.73. The van der Waals surface area contributed by atoms with Gasteiger partial charge in [0.2, 0.25) is 5.91 Å². The molecule has 2 aromatic heterocycles. The number of piperidine rings is 2. The molecule has 3 aromatic rings. The summed E-state index contributed by atoms with van der Waals surface area (Å²) >= 11 is 0. The van der Waals surface area contributed by atoms with E-state index >= 15 is 0 Å². The van der Waals surface area contributed by atoms with Crippen LogP contribution in [0.1, 0.15) is 36.8 Å². The predicted molar refractivity (Wildman–Crippen MR) is 112 cm³/mol. The predicted octanol–water partition coefficient (Wildman–Crippen LogP) is 3.94. The number of carbonyl (C=O) groups excluding carboxylic acids is 1. The number of amides is 1. The van der Waals surface area contributed by atoms with Gasteiger partial charge in [0.05, 0.1) is 0 Å². The number of aryl methyl sites for hydroxylation is 1. The van der Waals surface area contributed by atoms with Crippen LogP contribution in [-0.2, 0) is 11.3 Å². The lowest BCUT2D eigenvalue weighted by Gasteiger charge is -2.47. The molecule has 1 aromatic carbocycles. The van der Waals surface area contributed by atoms with E-state index in [4.69, 9.17) is 9.40 Å². The van der Waals surface area contributed by atoms with E-state index in [-0.39, 0.29) is 11.3 Å². The van der Waals surface area contributed by atoms with Crippen molar-refractivity contribution in [3.8, 4) is 0 Å². The van der Waals surface area contributed by atoms with Crippen molar-refractivity contribution in [1.82, 2.24) is 14.9 Å². The van der Waals surface area contributed by atoms with E-state index in [1.807, 2.05) is 29.3 Å². The number of carbonyl (C=O) groups is 1. The summed E-state index contributed by atoms with van der Waals surface area (Å²) in [7, 11) is 0. The third-order valence-electron chi connectivity index (χ3n) is 6.31. The fourth-order valence-corrected chi connectivity index (χ4v) is 4.82. The van der Waals surface area contributed by atoms with Crippen LogP contribution in [0.2, 0.25) is 0 Å². The van der Waals surface area contributed by atoms with E-state index < -0.39 is 0 Å². The van der Waals surface area contributed by atoms with Crippen LogP contribution in [0.5, 0.6) is 0 Å². The van der Waals surface area contributed by atoms with Gasteiger partial charge in [-0.1, -0.05) is 12.1 Å². The zero-order chi connectivity index (χ0) is 19.8. The highest BCUT2D eigenvalue weighted by Gasteiger charge is 2.42. The quantitative estimate of drug-likeness (QED) is 0.678. The Labute approximate surface area is 170 Å². The molecule has 2 aliphatic heterocycles. The fourth-order valence-electron chi connectivity index (χ4n) is 4.82. The molecule has 29 heavy (non-hydrogen) atoms. The van der Waals surface area contributed by atoms with Crippen molar-refractivity contribution in [2.75, 3.05) is 24.5 Å². The second kappa shape index (κ2) is 7.17. The van der Waals surface area contributed by atoms with E-state index in [1.54, 1.807) is 6.20 Å². The van der Waals surface area contributed by atoms with Crippen molar-refractivity contribution in [3.05, 3.63) is 53.9 Å². The molecular weight excluding hydrogens is 364 g/mol. The Morgan fingerprint density at radius 1 is 1.21 bits per heavy atom. The van der Waals surface area contributed by atoms with E-state index in [1.165, 1.54) is 5.56 Å². The average molecular weight is 390 g/mol. The largest absolute Gasteiger partial charge is 0.423 e. The number of hydrogen-bond donors (Lipinski definition) is 0. The first-order valence-corrected chi connectivity index (χ1v) is 10.4. The first-order chi connectivity index (χ1) is 14.1. The van der Waals surface area contributed by atoms with Gasteiger partial charge in [-0.15, -0.1) is 0 Å². The third-order valence-corrected chi connectivity index (χ3v) is 6.31. The molecular formula is C23H26N4O2. The molecule has 0 bridgehead atoms. The summed E-state index contributed by atoms with van der Waals surface area (Å²) < 4.78 is 6.07. The van der Waals surface area contributed by atoms with Gasteiger partial charge in [0.1, 0.15) is 5.52 Å². The minimum Gasteiger partial charge on any atom is -0.423 e. The molecule has 6 heteroatoms. The number of benzene rings is 1. The first kappa shape index (κ1) is 18.2. The van der Waals surface area contributed by atoms with E-state index in [2.05, 4.69) is 28.9 Å². The summed E-state index contributed by atoms with van der Waals surface area (Å²) in [5, 5.41) is 0. The van der Waals surface area contributed by atoms with Gasteiger partial charge >= 0.3 is 0 Å². The molecule has 2 fully saturated rings. The average Bonchev–Trinajstić information content (AvgIpc) is 3.15. The highest BCUT2D eigenvalue weighted by molar-refractivity contribution is 5.77. The van der Waals surface area contributed by atoms with Gasteiger partial charge < -0.3 is 14.2 Å². The molecule has 4 heterocycles. The zero-order valence-corrected chi connectivity index (χ0v) is 16.8. The second-order valence-corrected chi connectivity index (χ2v) is 8.60. The molecule has 0 unspecified atom stereocenters. The van der Waals surface area contributed by atoms with Crippen molar-refractivity contribution in [3.63, 3.8) is 0 Å². The molecule has 0 saturated carbocycles. The Morgan fingerprint density at radius 3 is 3.00 bits per heavy atom. The molecule has 0 N–H and O–H groups in total. The van der Waals surface area contributed by atoms with Gasteiger partial charge in [0.25, 0.3) is 6.01 Å². The van der Waals surface area contributed by atoms with Gasteiger partial charge in [-0.25, -0.2) is 0 Å². The number of oxazole rings is 1. The van der Waals surface area contributed by atoms with Crippen LogP contribution in [0, 0.1) is 12.3 Å². The minimum absolute atomic E-state index is 0.102. The van der Waals surface area contributed by atoms with Crippen LogP contribution in [0.3, 0.4) is 0 Å². The molecule has 0 aliphatic carbocycles. The number of hydrogen-bond acceptors (Lipinski definition) is 5. The molecule has 2 aliphatic rings. The van der Waals surface area contributed by atoms with Gasteiger partial charge in [-0.3, -0.25) is 9.78 Å². The number of rotatable bonds is 3. The van der Waals surface area contributed by atoms with Crippen LogP contribution in [0.15, 0.2) is 47.1 Å². The van der Waals surface area contributed by atoms with Crippen molar-refractivity contribution < 1.29 is 9.21 Å². The summed E-state index contributed by atoms with van der Waals surface area (Å²) in [6.07, 6.45) is 7.39. The first-order valence-electron chi connectivity index (χ1n) is 10.4. The lowest BCUT2D eigenvalue weighted by Crippen LogP contribution is -2.54. The van der Waals surface area contributed by atoms with Gasteiger partial charge in [-0.2, -0.15) is 4.98 Å². The normalized spacial score (nSPS) is 22.6. The van der Waals surface area contributed by atoms with Crippen molar-refractivity contribution in [2.24, 2.45) is 5.41 Å². The summed E-state index contributed by atoms with van der Waals surface area (Å²) in [6.45, 7) is 5.33. The van der Waals surface area contributed by atoms with Gasteiger partial charge in [-0.05, 0) is 55.5 Å². The SMILES string of the molecule is Cc1ccc2oc(N3CCC[C@]4(CCC(=O)N(Cc5cccnc5)C4)C3)nc2c1. The summed E-state index contributed by atoms with van der Waals surface area (Å²) in [4.78, 5) is 25.8. The highest BCUT2D eigenvalue weighted by Crippen LogP contribution is 2.40. The summed E-state index contributed by atoms with van der Waals surface area (Å²) in [6, 6.07) is 10.8. The summed E-state index contributed by atoms with van der Waals surface area (Å²) in [5.41, 5.74) is 4.12. The summed E-state index contributed by atoms with van der Waals surface area (Å²) in [5.74, 6) is 0.244. The third kappa shape index (κ3) is 3.59. The minimum atomic E-state index is 0.102. The van der Waals surface area contributed by atoms with Crippen molar-refractivity contribution in [1.29, 1.82) is 0 Å². The van der Waals surface area contributed by atoms with Crippen LogP contribution in [-0.4, -0.2) is 40.4 Å². The molecule has 1 atom stereocenters. The Hall–Kier alpha value is -2.89. The number of aromatic nitrogens is 2. The zero-order valence-electron chi connectivity index (χ0n) is 16.8. The smallest absolute Gasteiger partial charge is 0.298 e. The van der Waals surface area contributed by atoms with E-state index in [0.717, 1.165) is 55.6 Å². The Kier molecular flexibility index (Phi) is 4.49. The molecule has 1 spiro atoms. The maximum Gasteiger partial charge on any atom is 0.298 e. The molecule has 6 nitrogen and oxygen atoms in total. The lowest BCUT2D eigenvalue weighted by molar-refractivity contribution is -0.138. The molecule has 2 saturated heterocycles. The monoisotopic (exact) mass is 390 g/mol. The maximum atomic E-state index is 12.6. The van der Waals surface area contributed by atoms with Crippen molar-refractivity contribution >= 4 is 23.0 Å². The number of fused-ring (bicyclic) bond motifs is 1. The van der Waals surface area contributed by atoms with Gasteiger partial charge in [0, 0.05) is 50.4 Å². The van der Waals surface area contributed by atoms with Crippen LogP contribution >= 0.6 is 0 Å². The molecule has 0 radical (unpaired) electrons. The van der Waals surface area contributed by atoms with Crippen molar-refractivity contribution in [2.45, 2.75) is 39.2 Å². The molecule has 150 valence electrons. The van der Waals surface area contributed by atoms with E-state index in [0.29, 0.717) is 19.0 Å². The fraction of sp³-hybridized carbons (Fsp3) is 0.435. The number of anilines is 1. The molecule has 5 rings (SSSR count). The Balaban J connectivity index is 1.36. The number of nitrogens with zero attached hydrogens (tertiary/aromatic N) is 4. The number of likely N-dealkylation sites (tertiary alicyclic amines) is 1. The van der Waals surface area contributed by atoms with Crippen LogP contribution in [0.25, 0.3) is 11.1 Å². The molecule has 1 amide bonds. The van der Waals surface area contributed by atoms with E-state index in [9.17, 15) is 4.79 Å². The second-order valence-electron chi connectivity index (χ2n) is 8.60. The number of pyridine rings is 1. The standard InChI is InChI=1S/C23H26N4O2/c1-17-5-6-20-19(12-17)25-22(29-20)26-11-3-8-23(15-26)9-7-21(28)27(16-23)14-18-4-2-10-24-13-18/h2,4-6,10,12-13H,3,7-9,11,14-16H2,1H3/t23-/m0/s1. The highest BCUT2D eigenvalue weighted by atomic mass is 16.4. The maximum absolute atomic E-state index is 12.6. The topological polar surface area (TPSA) is 62.5 Å². The van der Waals surface area contributed by atoms with Gasteiger partial charge in [0.15, 0.2) is 5.58 Å². The Bertz CT molecular complexity index is 1030. The Morgan fingerprint density at radius 2 is 2.14 bits per heavy atom. The van der Waals surface area contributed by atoms with Crippen LogP contribution in [0.4, 0.5) is 6.01 Å².